The Hall–Kier alpha value is -4.06. The first-order valence-corrected chi connectivity index (χ1v) is 11.5. The predicted molar refractivity (Wildman–Crippen MR) is 129 cm³/mol. The Bertz CT molecular complexity index is 1260. The number of nitrogens with one attached hydrogen (secondary N) is 1. The van der Waals surface area contributed by atoms with Crippen molar-refractivity contribution >= 4 is 40.6 Å². The van der Waals surface area contributed by atoms with Crippen LogP contribution in [0.4, 0.5) is 11.4 Å². The molecule has 0 saturated heterocycles. The van der Waals surface area contributed by atoms with Crippen molar-refractivity contribution in [3.8, 4) is 11.5 Å². The summed E-state index contributed by atoms with van der Waals surface area (Å²) in [5.41, 5.74) is 10.7. The molecule has 35 heavy (non-hydrogen) atoms. The van der Waals surface area contributed by atoms with Gasteiger partial charge in [-0.05, 0) is 56.6 Å². The lowest BCUT2D eigenvalue weighted by Gasteiger charge is -2.32. The van der Waals surface area contributed by atoms with Crippen LogP contribution in [-0.4, -0.2) is 40.8 Å². The lowest BCUT2D eigenvalue weighted by Crippen LogP contribution is -2.49. The standard InChI is InChI=1S/C23H25N5O6S/c1-23(2,3)26-21(30)18(14-5-4-8-32-14)28(12-6-7-13-15(11-12)34-10-9-33-13)22(31)19-16(24)17(20(25)29)27-35-19/h4-8,11,18H,9-10,24H2,1-3H3,(H2,25,29)(H,26,30). The van der Waals surface area contributed by atoms with Crippen molar-refractivity contribution < 1.29 is 28.3 Å². The van der Waals surface area contributed by atoms with Gasteiger partial charge < -0.3 is 30.7 Å². The normalized spacial score (nSPS) is 13.7. The molecule has 0 saturated carbocycles. The molecule has 2 aromatic heterocycles. The fourth-order valence-electron chi connectivity index (χ4n) is 3.56. The number of nitrogens with zero attached hydrogens (tertiary/aromatic N) is 2. The van der Waals surface area contributed by atoms with Crippen LogP contribution in [0, 0.1) is 0 Å². The smallest absolute Gasteiger partial charge is 0.273 e. The Balaban J connectivity index is 1.88. The van der Waals surface area contributed by atoms with Crippen LogP contribution in [0.5, 0.6) is 11.5 Å². The Morgan fingerprint density at radius 1 is 1.14 bits per heavy atom. The molecule has 1 aliphatic heterocycles. The number of hydrogen-bond donors (Lipinski definition) is 3. The number of ether oxygens (including phenoxy) is 2. The Labute approximate surface area is 205 Å². The van der Waals surface area contributed by atoms with Crippen molar-refractivity contribution in [1.29, 1.82) is 0 Å². The summed E-state index contributed by atoms with van der Waals surface area (Å²) in [4.78, 5) is 40.4. The molecule has 1 aliphatic rings. The number of fused-ring (bicyclic) bond motifs is 1. The number of carbonyl (C=O) groups excluding carboxylic acids is 3. The average Bonchev–Trinajstić information content (AvgIpc) is 3.45. The molecule has 12 heteroatoms. The molecular weight excluding hydrogens is 474 g/mol. The number of nitrogens with two attached hydrogens (primary N) is 2. The fourth-order valence-corrected chi connectivity index (χ4v) is 4.30. The summed E-state index contributed by atoms with van der Waals surface area (Å²) in [5, 5.41) is 2.90. The molecule has 1 aromatic carbocycles. The monoisotopic (exact) mass is 499 g/mol. The van der Waals surface area contributed by atoms with E-state index in [1.807, 2.05) is 20.8 Å². The Morgan fingerprint density at radius 3 is 2.46 bits per heavy atom. The molecular formula is C23H25N5O6S. The van der Waals surface area contributed by atoms with Gasteiger partial charge in [-0.15, -0.1) is 0 Å². The van der Waals surface area contributed by atoms with E-state index >= 15 is 0 Å². The summed E-state index contributed by atoms with van der Waals surface area (Å²) in [6.07, 6.45) is 1.41. The summed E-state index contributed by atoms with van der Waals surface area (Å²) in [6.45, 7) is 6.19. The van der Waals surface area contributed by atoms with Gasteiger partial charge in [0.05, 0.1) is 12.0 Å². The maximum absolute atomic E-state index is 13.9. The highest BCUT2D eigenvalue weighted by Crippen LogP contribution is 2.39. The van der Waals surface area contributed by atoms with E-state index in [0.29, 0.717) is 30.4 Å². The van der Waals surface area contributed by atoms with E-state index in [9.17, 15) is 14.4 Å². The van der Waals surface area contributed by atoms with E-state index < -0.39 is 29.3 Å². The number of primary amides is 1. The average molecular weight is 500 g/mol. The number of carbonyl (C=O) groups is 3. The molecule has 1 unspecified atom stereocenters. The zero-order valence-electron chi connectivity index (χ0n) is 19.4. The maximum Gasteiger partial charge on any atom is 0.273 e. The second-order valence-electron chi connectivity index (χ2n) is 8.80. The molecule has 0 aliphatic carbocycles. The summed E-state index contributed by atoms with van der Waals surface area (Å²) in [6, 6.07) is 6.85. The SMILES string of the molecule is CC(C)(C)NC(=O)C(c1ccco1)N(C(=O)c1snc(C(N)=O)c1N)c1ccc2c(c1)OCCO2. The predicted octanol–water partition coefficient (Wildman–Crippen LogP) is 2.49. The van der Waals surface area contributed by atoms with E-state index in [-0.39, 0.29) is 22.0 Å². The van der Waals surface area contributed by atoms with E-state index in [4.69, 9.17) is 25.4 Å². The Kier molecular flexibility index (Phi) is 6.39. The van der Waals surface area contributed by atoms with Gasteiger partial charge in [-0.3, -0.25) is 19.3 Å². The van der Waals surface area contributed by atoms with Crippen LogP contribution >= 0.6 is 11.5 Å². The van der Waals surface area contributed by atoms with Crippen molar-refractivity contribution in [2.45, 2.75) is 32.4 Å². The highest BCUT2D eigenvalue weighted by Gasteiger charge is 2.39. The quantitative estimate of drug-likeness (QED) is 0.466. The van der Waals surface area contributed by atoms with E-state index in [1.165, 1.54) is 11.2 Å². The molecule has 3 amide bonds. The van der Waals surface area contributed by atoms with Gasteiger partial charge in [0.1, 0.15) is 23.9 Å². The number of anilines is 2. The minimum atomic E-state index is -1.22. The third-order valence-electron chi connectivity index (χ3n) is 5.00. The summed E-state index contributed by atoms with van der Waals surface area (Å²) >= 11 is 0.719. The van der Waals surface area contributed by atoms with Gasteiger partial charge in [0.25, 0.3) is 17.7 Å². The van der Waals surface area contributed by atoms with Crippen molar-refractivity contribution in [2.75, 3.05) is 23.8 Å². The largest absolute Gasteiger partial charge is 0.486 e. The van der Waals surface area contributed by atoms with Crippen molar-refractivity contribution in [1.82, 2.24) is 9.69 Å². The van der Waals surface area contributed by atoms with Gasteiger partial charge in [-0.25, -0.2) is 0 Å². The number of aromatic nitrogens is 1. The van der Waals surface area contributed by atoms with Crippen LogP contribution in [0.15, 0.2) is 41.0 Å². The molecule has 5 N–H and O–H groups in total. The second-order valence-corrected chi connectivity index (χ2v) is 9.57. The first kappa shape index (κ1) is 24.1. The number of nitrogen functional groups attached to an aromatic ring is 1. The fraction of sp³-hybridized carbons (Fsp3) is 0.304. The van der Waals surface area contributed by atoms with Crippen LogP contribution in [0.3, 0.4) is 0 Å². The van der Waals surface area contributed by atoms with Gasteiger partial charge in [0, 0.05) is 17.3 Å². The summed E-state index contributed by atoms with van der Waals surface area (Å²) in [5.74, 6) is -0.890. The number of amides is 3. The van der Waals surface area contributed by atoms with E-state index in [1.54, 1.807) is 30.3 Å². The Morgan fingerprint density at radius 2 is 1.86 bits per heavy atom. The van der Waals surface area contributed by atoms with Gasteiger partial charge in [0.15, 0.2) is 23.2 Å². The van der Waals surface area contributed by atoms with Crippen molar-refractivity contribution in [2.24, 2.45) is 5.73 Å². The molecule has 4 rings (SSSR count). The topological polar surface area (TPSA) is 163 Å². The minimum Gasteiger partial charge on any atom is -0.486 e. The molecule has 1 atom stereocenters. The van der Waals surface area contributed by atoms with Gasteiger partial charge in [-0.2, -0.15) is 4.37 Å². The summed E-state index contributed by atoms with van der Waals surface area (Å²) in [7, 11) is 0. The first-order chi connectivity index (χ1) is 16.6. The van der Waals surface area contributed by atoms with Crippen LogP contribution in [0.1, 0.15) is 52.7 Å². The van der Waals surface area contributed by atoms with Gasteiger partial charge in [0.2, 0.25) is 0 Å². The highest BCUT2D eigenvalue weighted by molar-refractivity contribution is 7.09. The molecule has 0 bridgehead atoms. The number of rotatable bonds is 6. The van der Waals surface area contributed by atoms with Crippen molar-refractivity contribution in [3.05, 3.63) is 52.9 Å². The maximum atomic E-state index is 13.9. The lowest BCUT2D eigenvalue weighted by atomic mass is 10.0. The molecule has 0 spiro atoms. The third kappa shape index (κ3) is 4.92. The van der Waals surface area contributed by atoms with Crippen molar-refractivity contribution in [3.63, 3.8) is 0 Å². The van der Waals surface area contributed by atoms with Gasteiger partial charge >= 0.3 is 0 Å². The van der Waals surface area contributed by atoms with E-state index in [2.05, 4.69) is 9.69 Å². The zero-order chi connectivity index (χ0) is 25.3. The molecule has 11 nitrogen and oxygen atoms in total. The first-order valence-electron chi connectivity index (χ1n) is 10.7. The second kappa shape index (κ2) is 9.29. The summed E-state index contributed by atoms with van der Waals surface area (Å²) < 4.78 is 20.8. The van der Waals surface area contributed by atoms with Crippen LogP contribution < -0.4 is 31.2 Å². The molecule has 3 heterocycles. The number of hydrogen-bond acceptors (Lipinski definition) is 9. The zero-order valence-corrected chi connectivity index (χ0v) is 20.2. The highest BCUT2D eigenvalue weighted by atomic mass is 32.1. The lowest BCUT2D eigenvalue weighted by molar-refractivity contribution is -0.124. The molecule has 0 radical (unpaired) electrons. The van der Waals surface area contributed by atoms with Gasteiger partial charge in [-0.1, -0.05) is 0 Å². The number of furan rings is 1. The molecule has 184 valence electrons. The molecule has 3 aromatic rings. The van der Waals surface area contributed by atoms with Crippen LogP contribution in [-0.2, 0) is 4.79 Å². The number of benzene rings is 1. The van der Waals surface area contributed by atoms with Crippen LogP contribution in [0.2, 0.25) is 0 Å². The minimum absolute atomic E-state index is 0.0474. The van der Waals surface area contributed by atoms with E-state index in [0.717, 1.165) is 11.5 Å². The molecule has 0 fully saturated rings. The third-order valence-corrected chi connectivity index (χ3v) is 5.85. The van der Waals surface area contributed by atoms with Crippen LogP contribution in [0.25, 0.3) is 0 Å².